The molecule has 1 fully saturated rings. The molecule has 108 valence electrons. The maximum absolute atomic E-state index is 12.4. The second-order valence-corrected chi connectivity index (χ2v) is 5.87. The minimum absolute atomic E-state index is 0.109. The molecule has 4 N–H and O–H groups in total. The highest BCUT2D eigenvalue weighted by Crippen LogP contribution is 2.43. The van der Waals surface area contributed by atoms with Gasteiger partial charge in [0, 0.05) is 5.02 Å². The van der Waals surface area contributed by atoms with Crippen LogP contribution in [-0.2, 0) is 4.79 Å². The van der Waals surface area contributed by atoms with Crippen LogP contribution >= 0.6 is 34.8 Å². The van der Waals surface area contributed by atoms with E-state index in [1.54, 1.807) is 0 Å². The Hall–Kier alpha value is -1.17. The highest BCUT2D eigenvalue weighted by Gasteiger charge is 2.48. The molecule has 2 rings (SSSR count). The van der Waals surface area contributed by atoms with Crippen LogP contribution in [0.2, 0.25) is 15.1 Å². The molecule has 0 spiro atoms. The molecule has 1 aromatic carbocycles. The number of nitrogens with one attached hydrogen (secondary N) is 1. The summed E-state index contributed by atoms with van der Waals surface area (Å²) in [5.74, 6) is -0.507. The lowest BCUT2D eigenvalue weighted by molar-refractivity contribution is -0.125. The molecule has 0 aliphatic heterocycles. The SMILES string of the molecule is NC(=NO)C1(C(=O)Nc2c(Cl)cc(Cl)cc2Cl)CCC1. The van der Waals surface area contributed by atoms with Crippen molar-refractivity contribution in [1.29, 1.82) is 0 Å². The number of nitrogens with two attached hydrogens (primary N) is 1. The maximum Gasteiger partial charge on any atom is 0.238 e. The van der Waals surface area contributed by atoms with Gasteiger partial charge in [0.25, 0.3) is 0 Å². The van der Waals surface area contributed by atoms with Crippen LogP contribution in [0.4, 0.5) is 5.69 Å². The first-order chi connectivity index (χ1) is 9.40. The molecular weight excluding hydrogens is 325 g/mol. The van der Waals surface area contributed by atoms with E-state index < -0.39 is 11.3 Å². The number of hydrogen-bond donors (Lipinski definition) is 3. The zero-order valence-electron chi connectivity index (χ0n) is 10.3. The van der Waals surface area contributed by atoms with Gasteiger partial charge < -0.3 is 16.3 Å². The summed E-state index contributed by atoms with van der Waals surface area (Å²) in [5.41, 5.74) is 4.88. The number of halogens is 3. The van der Waals surface area contributed by atoms with Crippen molar-refractivity contribution in [3.8, 4) is 0 Å². The van der Waals surface area contributed by atoms with E-state index in [0.717, 1.165) is 6.42 Å². The van der Waals surface area contributed by atoms with E-state index in [4.69, 9.17) is 45.7 Å². The van der Waals surface area contributed by atoms with Crippen LogP contribution in [0.15, 0.2) is 17.3 Å². The Morgan fingerprint density at radius 3 is 2.25 bits per heavy atom. The van der Waals surface area contributed by atoms with Crippen molar-refractivity contribution in [1.82, 2.24) is 0 Å². The van der Waals surface area contributed by atoms with Gasteiger partial charge in [0.05, 0.1) is 15.7 Å². The largest absolute Gasteiger partial charge is 0.409 e. The lowest BCUT2D eigenvalue weighted by atomic mass is 9.67. The van der Waals surface area contributed by atoms with Gasteiger partial charge in [0.15, 0.2) is 5.84 Å². The van der Waals surface area contributed by atoms with Crippen LogP contribution in [0.1, 0.15) is 19.3 Å². The molecule has 0 unspecified atom stereocenters. The molecule has 1 amide bonds. The Balaban J connectivity index is 2.29. The zero-order chi connectivity index (χ0) is 14.9. The number of nitrogens with zero attached hydrogens (tertiary/aromatic N) is 1. The summed E-state index contributed by atoms with van der Waals surface area (Å²) in [4.78, 5) is 12.4. The molecule has 0 bridgehead atoms. The Morgan fingerprint density at radius 2 is 1.85 bits per heavy atom. The van der Waals surface area contributed by atoms with Crippen LogP contribution in [0.3, 0.4) is 0 Å². The van der Waals surface area contributed by atoms with Crippen LogP contribution < -0.4 is 11.1 Å². The molecule has 0 radical (unpaired) electrons. The summed E-state index contributed by atoms with van der Waals surface area (Å²) < 4.78 is 0. The van der Waals surface area contributed by atoms with E-state index in [1.165, 1.54) is 12.1 Å². The normalized spacial score (nSPS) is 17.4. The van der Waals surface area contributed by atoms with Crippen molar-refractivity contribution in [3.63, 3.8) is 0 Å². The molecule has 0 saturated heterocycles. The maximum atomic E-state index is 12.4. The number of rotatable bonds is 3. The number of hydrogen-bond acceptors (Lipinski definition) is 3. The van der Waals surface area contributed by atoms with Crippen LogP contribution in [0.25, 0.3) is 0 Å². The van der Waals surface area contributed by atoms with E-state index in [2.05, 4.69) is 10.5 Å². The van der Waals surface area contributed by atoms with Crippen molar-refractivity contribution in [2.75, 3.05) is 5.32 Å². The van der Waals surface area contributed by atoms with E-state index in [-0.39, 0.29) is 21.6 Å². The van der Waals surface area contributed by atoms with E-state index in [9.17, 15) is 4.79 Å². The third kappa shape index (κ3) is 2.53. The second kappa shape index (κ2) is 5.68. The van der Waals surface area contributed by atoms with Crippen molar-refractivity contribution < 1.29 is 10.0 Å². The number of carbonyl (C=O) groups is 1. The molecule has 1 saturated carbocycles. The van der Waals surface area contributed by atoms with Gasteiger partial charge >= 0.3 is 0 Å². The Kier molecular flexibility index (Phi) is 4.32. The monoisotopic (exact) mass is 335 g/mol. The minimum Gasteiger partial charge on any atom is -0.409 e. The number of amidine groups is 1. The van der Waals surface area contributed by atoms with Crippen molar-refractivity contribution >= 4 is 52.2 Å². The second-order valence-electron chi connectivity index (χ2n) is 4.62. The molecule has 0 atom stereocenters. The molecule has 0 aromatic heterocycles. The van der Waals surface area contributed by atoms with Gasteiger partial charge in [0.1, 0.15) is 5.41 Å². The zero-order valence-corrected chi connectivity index (χ0v) is 12.6. The topological polar surface area (TPSA) is 87.7 Å². The smallest absolute Gasteiger partial charge is 0.238 e. The first kappa shape index (κ1) is 15.2. The van der Waals surface area contributed by atoms with Gasteiger partial charge in [-0.05, 0) is 25.0 Å². The predicted molar refractivity (Wildman–Crippen MR) is 79.8 cm³/mol. The summed E-state index contributed by atoms with van der Waals surface area (Å²) in [6, 6.07) is 2.95. The van der Waals surface area contributed by atoms with Gasteiger partial charge in [-0.2, -0.15) is 0 Å². The van der Waals surface area contributed by atoms with E-state index >= 15 is 0 Å². The molecular formula is C12H12Cl3N3O2. The van der Waals surface area contributed by atoms with Gasteiger partial charge in [-0.3, -0.25) is 4.79 Å². The Bertz CT molecular complexity index is 562. The molecule has 0 heterocycles. The lowest BCUT2D eigenvalue weighted by Gasteiger charge is -2.38. The summed E-state index contributed by atoms with van der Waals surface area (Å²) in [7, 11) is 0. The number of benzene rings is 1. The average molecular weight is 337 g/mol. The van der Waals surface area contributed by atoms with Gasteiger partial charge in [-0.25, -0.2) is 0 Å². The quantitative estimate of drug-likeness (QED) is 0.341. The third-order valence-corrected chi connectivity index (χ3v) is 4.30. The van der Waals surface area contributed by atoms with Crippen LogP contribution in [-0.4, -0.2) is 17.0 Å². The Morgan fingerprint density at radius 1 is 1.30 bits per heavy atom. The van der Waals surface area contributed by atoms with Gasteiger partial charge in [0.2, 0.25) is 5.91 Å². The number of oxime groups is 1. The molecule has 20 heavy (non-hydrogen) atoms. The number of amides is 1. The highest BCUT2D eigenvalue weighted by molar-refractivity contribution is 6.42. The lowest BCUT2D eigenvalue weighted by Crippen LogP contribution is -2.51. The predicted octanol–water partition coefficient (Wildman–Crippen LogP) is 3.50. The first-order valence-corrected chi connectivity index (χ1v) is 6.98. The van der Waals surface area contributed by atoms with Crippen molar-refractivity contribution in [2.24, 2.45) is 16.3 Å². The third-order valence-electron chi connectivity index (χ3n) is 3.49. The van der Waals surface area contributed by atoms with Crippen LogP contribution in [0, 0.1) is 5.41 Å². The summed E-state index contributed by atoms with van der Waals surface area (Å²) in [6.07, 6.45) is 1.85. The van der Waals surface area contributed by atoms with E-state index in [1.807, 2.05) is 0 Å². The molecule has 1 aromatic rings. The fourth-order valence-corrected chi connectivity index (χ4v) is 3.03. The molecule has 1 aliphatic rings. The van der Waals surface area contributed by atoms with Gasteiger partial charge in [-0.1, -0.05) is 46.4 Å². The average Bonchev–Trinajstić information content (AvgIpc) is 2.32. The molecule has 5 nitrogen and oxygen atoms in total. The minimum atomic E-state index is -0.999. The van der Waals surface area contributed by atoms with Crippen molar-refractivity contribution in [3.05, 3.63) is 27.2 Å². The molecule has 1 aliphatic carbocycles. The van der Waals surface area contributed by atoms with Crippen LogP contribution in [0.5, 0.6) is 0 Å². The van der Waals surface area contributed by atoms with E-state index in [0.29, 0.717) is 17.9 Å². The Labute approximate surface area is 130 Å². The fourth-order valence-electron chi connectivity index (χ4n) is 2.12. The summed E-state index contributed by atoms with van der Waals surface area (Å²) in [6.45, 7) is 0. The summed E-state index contributed by atoms with van der Waals surface area (Å²) in [5, 5.41) is 15.2. The fraction of sp³-hybridized carbons (Fsp3) is 0.333. The standard InChI is InChI=1S/C12H12Cl3N3O2/c13-6-4-7(14)9(8(15)5-6)17-11(19)12(2-1-3-12)10(16)18-20/h4-5,20H,1-3H2,(H2,16,18)(H,17,19). The summed E-state index contributed by atoms with van der Waals surface area (Å²) >= 11 is 17.8. The first-order valence-electron chi connectivity index (χ1n) is 5.85. The molecule has 8 heteroatoms. The number of anilines is 1. The van der Waals surface area contributed by atoms with Gasteiger partial charge in [-0.15, -0.1) is 0 Å². The highest BCUT2D eigenvalue weighted by atomic mass is 35.5. The van der Waals surface area contributed by atoms with Crippen molar-refractivity contribution in [2.45, 2.75) is 19.3 Å². The number of carbonyl (C=O) groups excluding carboxylic acids is 1.